The number of carbonyl (C=O) groups excluding carboxylic acids is 1. The van der Waals surface area contributed by atoms with E-state index in [1.165, 1.54) is 12.3 Å². The van der Waals surface area contributed by atoms with Crippen LogP contribution in [0.2, 0.25) is 0 Å². The van der Waals surface area contributed by atoms with Gasteiger partial charge >= 0.3 is 5.97 Å². The molecule has 6 heteroatoms. The summed E-state index contributed by atoms with van der Waals surface area (Å²) in [7, 11) is 0. The molecule has 0 aliphatic rings. The van der Waals surface area contributed by atoms with Crippen LogP contribution in [0, 0.1) is 0 Å². The Bertz CT molecular complexity index is 382. The van der Waals surface area contributed by atoms with Crippen molar-refractivity contribution in [3.63, 3.8) is 0 Å². The normalized spacial score (nSPS) is 12.6. The second kappa shape index (κ2) is 5.72. The Balaban J connectivity index is 2.50. The van der Waals surface area contributed by atoms with E-state index in [1.54, 1.807) is 12.1 Å². The van der Waals surface area contributed by atoms with Crippen LogP contribution in [0.5, 0.6) is 0 Å². The number of hydrogen-bond acceptors (Lipinski definition) is 4. The van der Waals surface area contributed by atoms with Crippen LogP contribution in [0.25, 0.3) is 6.08 Å². The molecular formula is C10H11NO5. The third kappa shape index (κ3) is 3.58. The number of carboxylic acid groups (broad SMARTS) is 1. The molecule has 16 heavy (non-hydrogen) atoms. The summed E-state index contributed by atoms with van der Waals surface area (Å²) in [6.07, 6.45) is 3.97. The Morgan fingerprint density at radius 3 is 2.81 bits per heavy atom. The van der Waals surface area contributed by atoms with E-state index in [0.29, 0.717) is 5.76 Å². The predicted molar refractivity (Wildman–Crippen MR) is 54.4 cm³/mol. The van der Waals surface area contributed by atoms with Crippen LogP contribution in [0.4, 0.5) is 0 Å². The van der Waals surface area contributed by atoms with Crippen LogP contribution in [-0.2, 0) is 9.59 Å². The zero-order valence-electron chi connectivity index (χ0n) is 8.29. The van der Waals surface area contributed by atoms with E-state index in [-0.39, 0.29) is 0 Å². The molecule has 1 atom stereocenters. The molecule has 0 aliphatic heterocycles. The molecular weight excluding hydrogens is 214 g/mol. The molecule has 1 aromatic heterocycles. The lowest BCUT2D eigenvalue weighted by Crippen LogP contribution is -2.42. The van der Waals surface area contributed by atoms with Gasteiger partial charge in [-0.25, -0.2) is 4.79 Å². The fraction of sp³-hybridized carbons (Fsp3) is 0.200. The number of aliphatic hydroxyl groups is 1. The quantitative estimate of drug-likeness (QED) is 0.605. The van der Waals surface area contributed by atoms with Crippen molar-refractivity contribution in [3.05, 3.63) is 30.2 Å². The molecule has 1 amide bonds. The monoisotopic (exact) mass is 225 g/mol. The van der Waals surface area contributed by atoms with E-state index < -0.39 is 24.5 Å². The lowest BCUT2D eigenvalue weighted by atomic mass is 10.3. The van der Waals surface area contributed by atoms with Crippen molar-refractivity contribution in [2.24, 2.45) is 0 Å². The third-order valence-corrected chi connectivity index (χ3v) is 1.74. The molecule has 0 spiro atoms. The van der Waals surface area contributed by atoms with Crippen LogP contribution in [-0.4, -0.2) is 34.7 Å². The molecule has 1 aromatic rings. The van der Waals surface area contributed by atoms with Gasteiger partial charge in [0.15, 0.2) is 6.04 Å². The smallest absolute Gasteiger partial charge is 0.328 e. The maximum atomic E-state index is 11.2. The van der Waals surface area contributed by atoms with Gasteiger partial charge in [0.25, 0.3) is 0 Å². The SMILES string of the molecule is O=C(/C=C/c1ccco1)NC(CO)C(=O)O. The topological polar surface area (TPSA) is 99.8 Å². The standard InChI is InChI=1S/C10H11NO5/c12-6-8(10(14)15)11-9(13)4-3-7-2-1-5-16-7/h1-5,8,12H,6H2,(H,11,13)(H,14,15)/b4-3+. The first kappa shape index (κ1) is 12.0. The lowest BCUT2D eigenvalue weighted by molar-refractivity contribution is -0.142. The van der Waals surface area contributed by atoms with Gasteiger partial charge in [0.2, 0.25) is 5.91 Å². The number of rotatable bonds is 5. The molecule has 0 radical (unpaired) electrons. The largest absolute Gasteiger partial charge is 0.480 e. The van der Waals surface area contributed by atoms with Crippen LogP contribution >= 0.6 is 0 Å². The van der Waals surface area contributed by atoms with Gasteiger partial charge in [-0.2, -0.15) is 0 Å². The Morgan fingerprint density at radius 1 is 1.56 bits per heavy atom. The summed E-state index contributed by atoms with van der Waals surface area (Å²) in [5.41, 5.74) is 0. The van der Waals surface area contributed by atoms with E-state index in [9.17, 15) is 9.59 Å². The molecule has 3 N–H and O–H groups in total. The third-order valence-electron chi connectivity index (χ3n) is 1.74. The maximum absolute atomic E-state index is 11.2. The molecule has 0 aliphatic carbocycles. The predicted octanol–water partition coefficient (Wildman–Crippen LogP) is -0.146. The van der Waals surface area contributed by atoms with Crippen LogP contribution in [0.15, 0.2) is 28.9 Å². The molecule has 0 bridgehead atoms. The Labute approximate surface area is 91.2 Å². The first-order chi connectivity index (χ1) is 7.63. The summed E-state index contributed by atoms with van der Waals surface area (Å²) in [6.45, 7) is -0.657. The fourth-order valence-electron chi connectivity index (χ4n) is 0.949. The zero-order valence-corrected chi connectivity index (χ0v) is 8.29. The molecule has 1 heterocycles. The molecule has 1 unspecified atom stereocenters. The molecule has 1 rings (SSSR count). The van der Waals surface area contributed by atoms with Crippen molar-refractivity contribution in [2.45, 2.75) is 6.04 Å². The molecule has 0 saturated heterocycles. The van der Waals surface area contributed by atoms with Gasteiger partial charge in [0.05, 0.1) is 12.9 Å². The number of amides is 1. The van der Waals surface area contributed by atoms with Crippen molar-refractivity contribution < 1.29 is 24.2 Å². The van der Waals surface area contributed by atoms with Gasteiger partial charge in [-0.05, 0) is 18.2 Å². The number of furan rings is 1. The maximum Gasteiger partial charge on any atom is 0.328 e. The number of aliphatic carboxylic acids is 1. The number of carboxylic acids is 1. The molecule has 0 aromatic carbocycles. The highest BCUT2D eigenvalue weighted by Crippen LogP contribution is 2.01. The minimum absolute atomic E-state index is 0.478. The van der Waals surface area contributed by atoms with Crippen molar-refractivity contribution in [2.75, 3.05) is 6.61 Å². The molecule has 6 nitrogen and oxygen atoms in total. The Kier molecular flexibility index (Phi) is 4.28. The van der Waals surface area contributed by atoms with E-state index in [0.717, 1.165) is 6.08 Å². The minimum atomic E-state index is -1.30. The number of nitrogens with one attached hydrogen (secondary N) is 1. The van der Waals surface area contributed by atoms with E-state index in [2.05, 4.69) is 5.32 Å². The van der Waals surface area contributed by atoms with Gasteiger partial charge in [-0.15, -0.1) is 0 Å². The summed E-state index contributed by atoms with van der Waals surface area (Å²) in [5, 5.41) is 19.3. The zero-order chi connectivity index (χ0) is 12.0. The second-order valence-corrected chi connectivity index (χ2v) is 2.93. The van der Waals surface area contributed by atoms with Gasteiger partial charge in [0, 0.05) is 6.08 Å². The lowest BCUT2D eigenvalue weighted by Gasteiger charge is -2.08. The summed E-state index contributed by atoms with van der Waals surface area (Å²) >= 11 is 0. The Morgan fingerprint density at radius 2 is 2.31 bits per heavy atom. The van der Waals surface area contributed by atoms with Gasteiger partial charge in [0.1, 0.15) is 5.76 Å². The minimum Gasteiger partial charge on any atom is -0.480 e. The van der Waals surface area contributed by atoms with Gasteiger partial charge in [-0.3, -0.25) is 4.79 Å². The van der Waals surface area contributed by atoms with Crippen molar-refractivity contribution in [3.8, 4) is 0 Å². The fourth-order valence-corrected chi connectivity index (χ4v) is 0.949. The average Bonchev–Trinajstić information content (AvgIpc) is 2.75. The summed E-state index contributed by atoms with van der Waals surface area (Å²) in [6, 6.07) is 2.00. The van der Waals surface area contributed by atoms with E-state index in [1.807, 2.05) is 0 Å². The number of aliphatic hydroxyl groups excluding tert-OH is 1. The highest BCUT2D eigenvalue weighted by Gasteiger charge is 2.16. The average molecular weight is 225 g/mol. The highest BCUT2D eigenvalue weighted by molar-refractivity contribution is 5.94. The van der Waals surface area contributed by atoms with Crippen molar-refractivity contribution in [1.29, 1.82) is 0 Å². The number of carbonyl (C=O) groups is 2. The molecule has 86 valence electrons. The highest BCUT2D eigenvalue weighted by atomic mass is 16.4. The molecule has 0 saturated carbocycles. The summed E-state index contributed by atoms with van der Waals surface area (Å²) in [4.78, 5) is 21.7. The summed E-state index contributed by atoms with van der Waals surface area (Å²) < 4.78 is 4.93. The van der Waals surface area contributed by atoms with E-state index in [4.69, 9.17) is 14.6 Å². The van der Waals surface area contributed by atoms with Crippen LogP contribution < -0.4 is 5.32 Å². The van der Waals surface area contributed by atoms with Crippen LogP contribution in [0.3, 0.4) is 0 Å². The van der Waals surface area contributed by atoms with Gasteiger partial charge in [-0.1, -0.05) is 0 Å². The van der Waals surface area contributed by atoms with Crippen molar-refractivity contribution >= 4 is 18.0 Å². The van der Waals surface area contributed by atoms with Crippen molar-refractivity contribution in [1.82, 2.24) is 5.32 Å². The van der Waals surface area contributed by atoms with Crippen LogP contribution in [0.1, 0.15) is 5.76 Å². The second-order valence-electron chi connectivity index (χ2n) is 2.93. The van der Waals surface area contributed by atoms with Gasteiger partial charge < -0.3 is 19.9 Å². The Hall–Kier alpha value is -2.08. The summed E-state index contributed by atoms with van der Waals surface area (Å²) in [5.74, 6) is -1.42. The number of hydrogen-bond donors (Lipinski definition) is 3. The first-order valence-corrected chi connectivity index (χ1v) is 4.49. The van der Waals surface area contributed by atoms with E-state index >= 15 is 0 Å². The first-order valence-electron chi connectivity index (χ1n) is 4.49. The molecule has 0 fully saturated rings.